The second kappa shape index (κ2) is 5.01. The largest absolute Gasteiger partial charge is 0.396 e. The molecule has 2 rings (SSSR count). The van der Waals surface area contributed by atoms with Crippen LogP contribution in [0.25, 0.3) is 5.65 Å². The Kier molecular flexibility index (Phi) is 3.43. The van der Waals surface area contributed by atoms with Gasteiger partial charge in [0, 0.05) is 25.5 Å². The number of anilines is 2. The van der Waals surface area contributed by atoms with Crippen LogP contribution in [0.2, 0.25) is 0 Å². The molecule has 2 aromatic rings. The first-order valence-corrected chi connectivity index (χ1v) is 5.64. The summed E-state index contributed by atoms with van der Waals surface area (Å²) in [6, 6.07) is 0. The van der Waals surface area contributed by atoms with Gasteiger partial charge in [-0.15, -0.1) is 0 Å². The van der Waals surface area contributed by atoms with Crippen molar-refractivity contribution in [2.75, 3.05) is 24.2 Å². The van der Waals surface area contributed by atoms with Crippen molar-refractivity contribution in [1.29, 1.82) is 0 Å². The molecule has 6 heteroatoms. The first-order valence-electron chi connectivity index (χ1n) is 5.64. The van der Waals surface area contributed by atoms with Gasteiger partial charge in [0.2, 0.25) is 0 Å². The van der Waals surface area contributed by atoms with Crippen molar-refractivity contribution < 1.29 is 5.11 Å². The number of nitrogens with zero attached hydrogens (tertiary/aromatic N) is 3. The summed E-state index contributed by atoms with van der Waals surface area (Å²) in [6.45, 7) is 3.00. The third-order valence-electron chi connectivity index (χ3n) is 2.63. The Hall–Kier alpha value is -1.82. The first-order chi connectivity index (χ1) is 8.20. The topological polar surface area (TPSA) is 88.5 Å². The minimum absolute atomic E-state index is 0.200. The van der Waals surface area contributed by atoms with Crippen LogP contribution in [-0.4, -0.2) is 32.6 Å². The van der Waals surface area contributed by atoms with Crippen LogP contribution in [-0.2, 0) is 0 Å². The zero-order valence-electron chi connectivity index (χ0n) is 9.80. The molecule has 0 aromatic carbocycles. The molecule has 0 amide bonds. The number of hydrogen-bond donors (Lipinski definition) is 3. The normalized spacial score (nSPS) is 12.8. The van der Waals surface area contributed by atoms with Gasteiger partial charge >= 0.3 is 0 Å². The summed E-state index contributed by atoms with van der Waals surface area (Å²) < 4.78 is 1.83. The average molecular weight is 235 g/mol. The van der Waals surface area contributed by atoms with Crippen LogP contribution in [0.5, 0.6) is 0 Å². The summed E-state index contributed by atoms with van der Waals surface area (Å²) in [5.74, 6) is 1.51. The highest BCUT2D eigenvalue weighted by Gasteiger charge is 2.07. The lowest BCUT2D eigenvalue weighted by Gasteiger charge is -2.12. The van der Waals surface area contributed by atoms with Gasteiger partial charge in [-0.05, 0) is 12.3 Å². The summed E-state index contributed by atoms with van der Waals surface area (Å²) >= 11 is 0. The van der Waals surface area contributed by atoms with E-state index in [-0.39, 0.29) is 6.61 Å². The standard InChI is InChI=1S/C11H17N5O/c1-8(2-5-17)6-14-10-11-13-3-4-16(11)7-9(12)15-10/h3-4,7-8,17H,2,5-6,12H2,1H3,(H,14,15). The van der Waals surface area contributed by atoms with Crippen molar-refractivity contribution in [1.82, 2.24) is 14.4 Å². The van der Waals surface area contributed by atoms with Gasteiger partial charge in [0.1, 0.15) is 5.82 Å². The molecule has 0 aliphatic heterocycles. The van der Waals surface area contributed by atoms with Crippen LogP contribution >= 0.6 is 0 Å². The van der Waals surface area contributed by atoms with Gasteiger partial charge in [-0.1, -0.05) is 6.92 Å². The van der Waals surface area contributed by atoms with E-state index < -0.39 is 0 Å². The van der Waals surface area contributed by atoms with Gasteiger partial charge in [0.05, 0.1) is 6.20 Å². The molecule has 1 atom stereocenters. The summed E-state index contributed by atoms with van der Waals surface area (Å²) in [5.41, 5.74) is 6.47. The van der Waals surface area contributed by atoms with Gasteiger partial charge in [0.15, 0.2) is 11.5 Å². The smallest absolute Gasteiger partial charge is 0.180 e. The van der Waals surface area contributed by atoms with Crippen LogP contribution < -0.4 is 11.1 Å². The molecular weight excluding hydrogens is 218 g/mol. The van der Waals surface area contributed by atoms with E-state index in [2.05, 4.69) is 22.2 Å². The van der Waals surface area contributed by atoms with Gasteiger partial charge < -0.3 is 20.6 Å². The second-order valence-corrected chi connectivity index (χ2v) is 4.17. The highest BCUT2D eigenvalue weighted by molar-refractivity contribution is 5.64. The predicted molar refractivity (Wildman–Crippen MR) is 66.8 cm³/mol. The van der Waals surface area contributed by atoms with Crippen LogP contribution in [0.15, 0.2) is 18.6 Å². The van der Waals surface area contributed by atoms with E-state index in [9.17, 15) is 0 Å². The van der Waals surface area contributed by atoms with E-state index in [0.717, 1.165) is 18.6 Å². The highest BCUT2D eigenvalue weighted by atomic mass is 16.3. The molecule has 0 saturated heterocycles. The fourth-order valence-electron chi connectivity index (χ4n) is 1.66. The monoisotopic (exact) mass is 235 g/mol. The summed E-state index contributed by atoms with van der Waals surface area (Å²) in [4.78, 5) is 8.44. The summed E-state index contributed by atoms with van der Waals surface area (Å²) in [5, 5.41) is 12.1. The Morgan fingerprint density at radius 2 is 2.41 bits per heavy atom. The number of rotatable bonds is 5. The van der Waals surface area contributed by atoms with Crippen molar-refractivity contribution in [3.05, 3.63) is 18.6 Å². The van der Waals surface area contributed by atoms with Crippen molar-refractivity contribution in [3.63, 3.8) is 0 Å². The third-order valence-corrected chi connectivity index (χ3v) is 2.63. The van der Waals surface area contributed by atoms with Crippen LogP contribution in [0.1, 0.15) is 13.3 Å². The van der Waals surface area contributed by atoms with Crippen molar-refractivity contribution >= 4 is 17.3 Å². The van der Waals surface area contributed by atoms with Gasteiger partial charge in [-0.3, -0.25) is 0 Å². The number of nitrogens with two attached hydrogens (primary N) is 1. The zero-order chi connectivity index (χ0) is 12.3. The lowest BCUT2D eigenvalue weighted by molar-refractivity contribution is 0.266. The highest BCUT2D eigenvalue weighted by Crippen LogP contribution is 2.15. The number of nitrogen functional groups attached to an aromatic ring is 1. The van der Waals surface area contributed by atoms with Crippen LogP contribution in [0, 0.1) is 5.92 Å². The molecule has 92 valence electrons. The number of hydrogen-bond acceptors (Lipinski definition) is 5. The molecule has 0 saturated carbocycles. The van der Waals surface area contributed by atoms with Gasteiger partial charge in [-0.25, -0.2) is 9.97 Å². The van der Waals surface area contributed by atoms with Gasteiger partial charge in [-0.2, -0.15) is 0 Å². The number of fused-ring (bicyclic) bond motifs is 1. The molecule has 2 aromatic heterocycles. The van der Waals surface area contributed by atoms with E-state index in [4.69, 9.17) is 10.8 Å². The molecule has 6 nitrogen and oxygen atoms in total. The van der Waals surface area contributed by atoms with Crippen molar-refractivity contribution in [2.45, 2.75) is 13.3 Å². The second-order valence-electron chi connectivity index (χ2n) is 4.17. The average Bonchev–Trinajstić information content (AvgIpc) is 2.74. The van der Waals surface area contributed by atoms with E-state index >= 15 is 0 Å². The molecule has 17 heavy (non-hydrogen) atoms. The number of imidazole rings is 1. The molecule has 0 aliphatic rings. The Balaban J connectivity index is 2.14. The Labute approximate surface area is 99.5 Å². The van der Waals surface area contributed by atoms with Crippen molar-refractivity contribution in [3.8, 4) is 0 Å². The number of nitrogens with one attached hydrogen (secondary N) is 1. The van der Waals surface area contributed by atoms with E-state index in [1.54, 1.807) is 12.4 Å². The lowest BCUT2D eigenvalue weighted by Crippen LogP contribution is -2.14. The van der Waals surface area contributed by atoms with E-state index in [1.165, 1.54) is 0 Å². The van der Waals surface area contributed by atoms with Crippen molar-refractivity contribution in [2.24, 2.45) is 5.92 Å². The number of aromatic nitrogens is 3. The fourth-order valence-corrected chi connectivity index (χ4v) is 1.66. The molecule has 0 aliphatic carbocycles. The predicted octanol–water partition coefficient (Wildman–Crippen LogP) is 0.742. The minimum atomic E-state index is 0.200. The number of aliphatic hydroxyl groups is 1. The Bertz CT molecular complexity index is 496. The maximum Gasteiger partial charge on any atom is 0.180 e. The molecule has 4 N–H and O–H groups in total. The molecule has 0 fully saturated rings. The molecule has 1 unspecified atom stereocenters. The fraction of sp³-hybridized carbons (Fsp3) is 0.455. The van der Waals surface area contributed by atoms with E-state index in [1.807, 2.05) is 10.6 Å². The number of aliphatic hydroxyl groups excluding tert-OH is 1. The summed E-state index contributed by atoms with van der Waals surface area (Å²) in [6.07, 6.45) is 6.03. The SMILES string of the molecule is CC(CCO)CNc1nc(N)cn2ccnc12. The Morgan fingerprint density at radius 1 is 1.59 bits per heavy atom. The molecule has 0 radical (unpaired) electrons. The quantitative estimate of drug-likeness (QED) is 0.711. The lowest BCUT2D eigenvalue weighted by atomic mass is 10.1. The van der Waals surface area contributed by atoms with Crippen LogP contribution in [0.3, 0.4) is 0 Å². The minimum Gasteiger partial charge on any atom is -0.396 e. The maximum absolute atomic E-state index is 8.84. The van der Waals surface area contributed by atoms with Crippen LogP contribution in [0.4, 0.5) is 11.6 Å². The van der Waals surface area contributed by atoms with E-state index in [0.29, 0.717) is 17.6 Å². The molecular formula is C11H17N5O. The Morgan fingerprint density at radius 3 is 3.18 bits per heavy atom. The zero-order valence-corrected chi connectivity index (χ0v) is 9.80. The maximum atomic E-state index is 8.84. The summed E-state index contributed by atoms with van der Waals surface area (Å²) in [7, 11) is 0. The third kappa shape index (κ3) is 2.65. The molecule has 0 bridgehead atoms. The molecule has 0 spiro atoms. The first kappa shape index (κ1) is 11.7. The molecule has 2 heterocycles. The van der Waals surface area contributed by atoms with Gasteiger partial charge in [0.25, 0.3) is 0 Å².